The molecule has 0 fully saturated rings. The molecule has 0 aliphatic heterocycles. The molecular formula is C14H15N5O. The fourth-order valence-electron chi connectivity index (χ4n) is 2.19. The number of hydrogen-bond acceptors (Lipinski definition) is 3. The number of nitrogens with one attached hydrogen (secondary N) is 1. The lowest BCUT2D eigenvalue weighted by atomic mass is 10.2. The Morgan fingerprint density at radius 3 is 2.75 bits per heavy atom. The lowest BCUT2D eigenvalue weighted by Gasteiger charge is -2.05. The van der Waals surface area contributed by atoms with Crippen molar-refractivity contribution in [1.29, 1.82) is 0 Å². The van der Waals surface area contributed by atoms with Gasteiger partial charge < -0.3 is 9.88 Å². The van der Waals surface area contributed by atoms with Crippen molar-refractivity contribution in [2.24, 2.45) is 14.1 Å². The van der Waals surface area contributed by atoms with Crippen molar-refractivity contribution in [3.63, 3.8) is 0 Å². The van der Waals surface area contributed by atoms with Crippen molar-refractivity contribution in [1.82, 2.24) is 19.3 Å². The number of aryl methyl sites for hydroxylation is 3. The van der Waals surface area contributed by atoms with Crippen molar-refractivity contribution < 1.29 is 4.79 Å². The maximum absolute atomic E-state index is 12.1. The number of hydrogen-bond donors (Lipinski definition) is 1. The number of carbonyl (C=O) groups is 1. The van der Waals surface area contributed by atoms with Crippen LogP contribution in [-0.4, -0.2) is 25.2 Å². The number of carbonyl (C=O) groups excluding carboxylic acids is 1. The molecule has 20 heavy (non-hydrogen) atoms. The molecule has 6 heteroatoms. The minimum absolute atomic E-state index is 0.183. The van der Waals surface area contributed by atoms with E-state index in [9.17, 15) is 4.79 Å². The summed E-state index contributed by atoms with van der Waals surface area (Å²) < 4.78 is 3.56. The topological polar surface area (TPSA) is 64.7 Å². The number of nitrogens with zero attached hydrogens (tertiary/aromatic N) is 4. The summed E-state index contributed by atoms with van der Waals surface area (Å²) in [5.74, 6) is 0.757. The lowest BCUT2D eigenvalue weighted by Crippen LogP contribution is -2.15. The Hall–Kier alpha value is -2.63. The van der Waals surface area contributed by atoms with E-state index in [0.717, 1.165) is 22.5 Å². The van der Waals surface area contributed by atoms with E-state index in [4.69, 9.17) is 0 Å². The second kappa shape index (κ2) is 4.48. The van der Waals surface area contributed by atoms with E-state index in [1.165, 1.54) is 0 Å². The van der Waals surface area contributed by atoms with Crippen LogP contribution in [0.4, 0.5) is 5.69 Å². The minimum atomic E-state index is -0.183. The zero-order valence-electron chi connectivity index (χ0n) is 11.6. The fraction of sp³-hybridized carbons (Fsp3) is 0.214. The van der Waals surface area contributed by atoms with Crippen LogP contribution in [0.25, 0.3) is 11.0 Å². The third-order valence-corrected chi connectivity index (χ3v) is 3.42. The van der Waals surface area contributed by atoms with E-state index in [2.05, 4.69) is 15.4 Å². The van der Waals surface area contributed by atoms with Gasteiger partial charge in [-0.05, 0) is 31.2 Å². The second-order valence-electron chi connectivity index (χ2n) is 4.72. The Bertz CT molecular complexity index is 799. The molecule has 0 saturated carbocycles. The Labute approximate surface area is 116 Å². The predicted octanol–water partition coefficient (Wildman–Crippen LogP) is 1.87. The summed E-state index contributed by atoms with van der Waals surface area (Å²) >= 11 is 0. The SMILES string of the molecule is Cc1nc2cc(NC(=O)c3ccnn3C)ccc2n1C. The van der Waals surface area contributed by atoms with E-state index in [0.29, 0.717) is 5.69 Å². The van der Waals surface area contributed by atoms with E-state index in [1.54, 1.807) is 24.0 Å². The molecule has 0 aliphatic rings. The molecule has 0 aliphatic carbocycles. The van der Waals surface area contributed by atoms with Gasteiger partial charge in [0.2, 0.25) is 0 Å². The zero-order valence-corrected chi connectivity index (χ0v) is 11.6. The van der Waals surface area contributed by atoms with Crippen molar-refractivity contribution in [3.8, 4) is 0 Å². The highest BCUT2D eigenvalue weighted by atomic mass is 16.2. The summed E-state index contributed by atoms with van der Waals surface area (Å²) in [7, 11) is 3.71. The van der Waals surface area contributed by atoms with Gasteiger partial charge in [0.25, 0.3) is 5.91 Å². The van der Waals surface area contributed by atoms with Crippen LogP contribution in [0.2, 0.25) is 0 Å². The van der Waals surface area contributed by atoms with Gasteiger partial charge in [-0.2, -0.15) is 5.10 Å². The van der Waals surface area contributed by atoms with E-state index in [-0.39, 0.29) is 5.91 Å². The quantitative estimate of drug-likeness (QED) is 0.772. The summed E-state index contributed by atoms with van der Waals surface area (Å²) in [6.45, 7) is 1.95. The molecule has 6 nitrogen and oxygen atoms in total. The van der Waals surface area contributed by atoms with Crippen LogP contribution >= 0.6 is 0 Å². The van der Waals surface area contributed by atoms with Gasteiger partial charge in [0.1, 0.15) is 11.5 Å². The van der Waals surface area contributed by atoms with Gasteiger partial charge in [0.15, 0.2) is 0 Å². The first kappa shape index (κ1) is 12.4. The van der Waals surface area contributed by atoms with E-state index in [1.807, 2.05) is 36.7 Å². The first-order valence-electron chi connectivity index (χ1n) is 6.28. The lowest BCUT2D eigenvalue weighted by molar-refractivity contribution is 0.101. The molecule has 1 N–H and O–H groups in total. The number of aromatic nitrogens is 4. The maximum Gasteiger partial charge on any atom is 0.273 e. The Kier molecular flexibility index (Phi) is 2.78. The molecule has 0 atom stereocenters. The van der Waals surface area contributed by atoms with Crippen LogP contribution in [0.3, 0.4) is 0 Å². The smallest absolute Gasteiger partial charge is 0.273 e. The molecule has 0 saturated heterocycles. The van der Waals surface area contributed by atoms with Crippen LogP contribution in [0.5, 0.6) is 0 Å². The predicted molar refractivity (Wildman–Crippen MR) is 76.6 cm³/mol. The molecule has 2 heterocycles. The first-order valence-corrected chi connectivity index (χ1v) is 6.28. The molecule has 2 aromatic heterocycles. The standard InChI is InChI=1S/C14H15N5O/c1-9-16-11-8-10(4-5-12(11)18(9)2)17-14(20)13-6-7-15-19(13)3/h4-8H,1-3H3,(H,17,20). The molecule has 3 aromatic rings. The molecule has 1 amide bonds. The number of anilines is 1. The third-order valence-electron chi connectivity index (χ3n) is 3.42. The third kappa shape index (κ3) is 1.95. The van der Waals surface area contributed by atoms with Gasteiger partial charge in [-0.3, -0.25) is 9.48 Å². The number of amides is 1. The molecule has 0 bridgehead atoms. The zero-order chi connectivity index (χ0) is 14.3. The number of benzene rings is 1. The molecular weight excluding hydrogens is 254 g/mol. The highest BCUT2D eigenvalue weighted by molar-refractivity contribution is 6.03. The molecule has 0 unspecified atom stereocenters. The summed E-state index contributed by atoms with van der Waals surface area (Å²) in [5, 5.41) is 6.84. The Morgan fingerprint density at radius 2 is 2.05 bits per heavy atom. The summed E-state index contributed by atoms with van der Waals surface area (Å²) in [6, 6.07) is 7.38. The largest absolute Gasteiger partial charge is 0.331 e. The Morgan fingerprint density at radius 1 is 1.25 bits per heavy atom. The highest BCUT2D eigenvalue weighted by Crippen LogP contribution is 2.19. The average molecular weight is 269 g/mol. The molecule has 102 valence electrons. The van der Waals surface area contributed by atoms with Crippen molar-refractivity contribution in [2.75, 3.05) is 5.32 Å². The number of imidazole rings is 1. The van der Waals surface area contributed by atoms with E-state index < -0.39 is 0 Å². The van der Waals surface area contributed by atoms with Crippen LogP contribution < -0.4 is 5.32 Å². The van der Waals surface area contributed by atoms with Gasteiger partial charge in [-0.25, -0.2) is 4.98 Å². The van der Waals surface area contributed by atoms with Crippen LogP contribution in [-0.2, 0) is 14.1 Å². The molecule has 0 radical (unpaired) electrons. The second-order valence-corrected chi connectivity index (χ2v) is 4.72. The van der Waals surface area contributed by atoms with Gasteiger partial charge >= 0.3 is 0 Å². The van der Waals surface area contributed by atoms with Crippen LogP contribution in [0.1, 0.15) is 16.3 Å². The van der Waals surface area contributed by atoms with Gasteiger partial charge in [-0.15, -0.1) is 0 Å². The fourth-order valence-corrected chi connectivity index (χ4v) is 2.19. The van der Waals surface area contributed by atoms with Gasteiger partial charge in [-0.1, -0.05) is 0 Å². The monoisotopic (exact) mass is 269 g/mol. The highest BCUT2D eigenvalue weighted by Gasteiger charge is 2.11. The number of fused-ring (bicyclic) bond motifs is 1. The van der Waals surface area contributed by atoms with E-state index >= 15 is 0 Å². The van der Waals surface area contributed by atoms with Crippen molar-refractivity contribution >= 4 is 22.6 Å². The van der Waals surface area contributed by atoms with Gasteiger partial charge in [0.05, 0.1) is 11.0 Å². The van der Waals surface area contributed by atoms with Crippen molar-refractivity contribution in [2.45, 2.75) is 6.92 Å². The number of rotatable bonds is 2. The molecule has 3 rings (SSSR count). The summed E-state index contributed by atoms with van der Waals surface area (Å²) in [5.41, 5.74) is 3.15. The van der Waals surface area contributed by atoms with Gasteiger partial charge in [0, 0.05) is 26.0 Å². The first-order chi connectivity index (χ1) is 9.56. The molecule has 1 aromatic carbocycles. The Balaban J connectivity index is 1.92. The van der Waals surface area contributed by atoms with Crippen LogP contribution in [0.15, 0.2) is 30.5 Å². The minimum Gasteiger partial charge on any atom is -0.331 e. The maximum atomic E-state index is 12.1. The normalized spacial score (nSPS) is 10.9. The van der Waals surface area contributed by atoms with Crippen LogP contribution in [0, 0.1) is 6.92 Å². The summed E-state index contributed by atoms with van der Waals surface area (Å²) in [4.78, 5) is 16.6. The summed E-state index contributed by atoms with van der Waals surface area (Å²) in [6.07, 6.45) is 1.60. The molecule has 0 spiro atoms. The average Bonchev–Trinajstić information content (AvgIpc) is 2.95. The van der Waals surface area contributed by atoms with Crippen molar-refractivity contribution in [3.05, 3.63) is 42.0 Å².